The van der Waals surface area contributed by atoms with Crippen molar-refractivity contribution in [1.29, 1.82) is 0 Å². The van der Waals surface area contributed by atoms with Gasteiger partial charge >= 0.3 is 5.97 Å². The summed E-state index contributed by atoms with van der Waals surface area (Å²) in [5, 5.41) is 5.53. The van der Waals surface area contributed by atoms with Gasteiger partial charge in [0.2, 0.25) is 5.91 Å². The third-order valence-electron chi connectivity index (χ3n) is 4.77. The minimum Gasteiger partial charge on any atom is -0.497 e. The van der Waals surface area contributed by atoms with Crippen LogP contribution in [0.25, 0.3) is 0 Å². The van der Waals surface area contributed by atoms with Gasteiger partial charge in [0.15, 0.2) is 0 Å². The summed E-state index contributed by atoms with van der Waals surface area (Å²) >= 11 is 0. The van der Waals surface area contributed by atoms with E-state index in [0.29, 0.717) is 24.2 Å². The molecule has 2 atom stereocenters. The second-order valence-electron chi connectivity index (χ2n) is 7.66. The summed E-state index contributed by atoms with van der Waals surface area (Å²) in [5.41, 5.74) is 1.30. The van der Waals surface area contributed by atoms with Crippen LogP contribution in [0.4, 0.5) is 0 Å². The first-order valence-corrected chi connectivity index (χ1v) is 10.2. The average molecular weight is 427 g/mol. The fourth-order valence-electron chi connectivity index (χ4n) is 3.14. The van der Waals surface area contributed by atoms with Crippen molar-refractivity contribution in [2.75, 3.05) is 14.2 Å². The molecule has 0 aliphatic rings. The zero-order valence-electron chi connectivity index (χ0n) is 18.4. The minimum atomic E-state index is -0.854. The molecule has 166 valence electrons. The van der Waals surface area contributed by atoms with Crippen LogP contribution in [0.5, 0.6) is 5.75 Å². The smallest absolute Gasteiger partial charge is 0.328 e. The number of esters is 1. The number of benzene rings is 2. The van der Waals surface area contributed by atoms with Crippen LogP contribution in [-0.4, -0.2) is 44.1 Å². The first-order valence-electron chi connectivity index (χ1n) is 10.2. The van der Waals surface area contributed by atoms with Crippen LogP contribution in [0, 0.1) is 5.92 Å². The average Bonchev–Trinajstić information content (AvgIpc) is 2.78. The van der Waals surface area contributed by atoms with Crippen LogP contribution in [0.15, 0.2) is 54.6 Å². The lowest BCUT2D eigenvalue weighted by Crippen LogP contribution is -2.52. The van der Waals surface area contributed by atoms with Gasteiger partial charge in [-0.1, -0.05) is 44.2 Å². The lowest BCUT2D eigenvalue weighted by molar-refractivity contribution is -0.145. The summed E-state index contributed by atoms with van der Waals surface area (Å²) in [7, 11) is 2.83. The number of ether oxygens (including phenoxy) is 2. The van der Waals surface area contributed by atoms with Crippen molar-refractivity contribution in [2.24, 2.45) is 5.92 Å². The maximum atomic E-state index is 13.0. The third-order valence-corrected chi connectivity index (χ3v) is 4.77. The largest absolute Gasteiger partial charge is 0.497 e. The first kappa shape index (κ1) is 23.9. The molecule has 0 saturated carbocycles. The van der Waals surface area contributed by atoms with E-state index in [4.69, 9.17) is 9.47 Å². The van der Waals surface area contributed by atoms with Gasteiger partial charge in [0.25, 0.3) is 5.91 Å². The summed E-state index contributed by atoms with van der Waals surface area (Å²) in [6.07, 6.45) is 0.715. The van der Waals surface area contributed by atoms with Gasteiger partial charge in [-0.25, -0.2) is 4.79 Å². The van der Waals surface area contributed by atoms with E-state index in [2.05, 4.69) is 10.6 Å². The summed E-state index contributed by atoms with van der Waals surface area (Å²) < 4.78 is 9.97. The van der Waals surface area contributed by atoms with Crippen molar-refractivity contribution in [2.45, 2.75) is 38.8 Å². The van der Waals surface area contributed by atoms with E-state index >= 15 is 0 Å². The molecule has 31 heavy (non-hydrogen) atoms. The van der Waals surface area contributed by atoms with Crippen molar-refractivity contribution < 1.29 is 23.9 Å². The Morgan fingerprint density at radius 2 is 1.52 bits per heavy atom. The van der Waals surface area contributed by atoms with Crippen LogP contribution in [-0.2, 0) is 20.7 Å². The van der Waals surface area contributed by atoms with Gasteiger partial charge in [0.05, 0.1) is 14.2 Å². The normalized spacial score (nSPS) is 12.5. The van der Waals surface area contributed by atoms with Gasteiger partial charge in [-0.3, -0.25) is 9.59 Å². The highest BCUT2D eigenvalue weighted by molar-refractivity contribution is 5.98. The molecule has 2 aromatic rings. The van der Waals surface area contributed by atoms with Gasteiger partial charge in [0, 0.05) is 12.0 Å². The van der Waals surface area contributed by atoms with Gasteiger partial charge in [-0.05, 0) is 42.2 Å². The number of carbonyl (C=O) groups is 3. The van der Waals surface area contributed by atoms with Crippen LogP contribution >= 0.6 is 0 Å². The predicted octanol–water partition coefficient (Wildman–Crippen LogP) is 2.74. The Bertz CT molecular complexity index is 865. The molecule has 0 aliphatic carbocycles. The van der Waals surface area contributed by atoms with E-state index in [-0.39, 0.29) is 11.8 Å². The van der Waals surface area contributed by atoms with Crippen molar-refractivity contribution >= 4 is 17.8 Å². The van der Waals surface area contributed by atoms with Crippen molar-refractivity contribution in [3.05, 3.63) is 65.7 Å². The zero-order valence-corrected chi connectivity index (χ0v) is 18.4. The highest BCUT2D eigenvalue weighted by atomic mass is 16.5. The number of rotatable bonds is 10. The molecule has 2 amide bonds. The maximum absolute atomic E-state index is 13.0. The zero-order chi connectivity index (χ0) is 22.8. The maximum Gasteiger partial charge on any atom is 0.328 e. The highest BCUT2D eigenvalue weighted by Crippen LogP contribution is 2.13. The fourth-order valence-corrected chi connectivity index (χ4v) is 3.14. The second-order valence-corrected chi connectivity index (χ2v) is 7.66. The van der Waals surface area contributed by atoms with E-state index in [1.807, 2.05) is 44.2 Å². The van der Waals surface area contributed by atoms with E-state index in [1.165, 1.54) is 7.11 Å². The highest BCUT2D eigenvalue weighted by Gasteiger charge is 2.28. The SMILES string of the molecule is COC(=O)C(Cc1ccccc1)NC(=O)C(CC(C)C)NC(=O)c1ccc(OC)cc1. The van der Waals surface area contributed by atoms with E-state index in [0.717, 1.165) is 5.56 Å². The molecule has 7 heteroatoms. The molecule has 0 aliphatic heterocycles. The van der Waals surface area contributed by atoms with Crippen LogP contribution in [0.2, 0.25) is 0 Å². The number of nitrogens with one attached hydrogen (secondary N) is 2. The molecule has 2 rings (SSSR count). The van der Waals surface area contributed by atoms with Crippen LogP contribution in [0.1, 0.15) is 36.2 Å². The number of hydrogen-bond donors (Lipinski definition) is 2. The molecule has 0 heterocycles. The molecular formula is C24H30N2O5. The number of methoxy groups -OCH3 is 2. The standard InChI is InChI=1S/C24H30N2O5/c1-16(2)14-20(25-22(27)18-10-12-19(30-3)13-11-18)23(28)26-21(24(29)31-4)15-17-8-6-5-7-9-17/h5-13,16,20-21H,14-15H2,1-4H3,(H,25,27)(H,26,28). The summed E-state index contributed by atoms with van der Waals surface area (Å²) in [4.78, 5) is 38.0. The van der Waals surface area contributed by atoms with Gasteiger partial charge < -0.3 is 20.1 Å². The molecule has 0 fully saturated rings. The molecule has 2 N–H and O–H groups in total. The Kier molecular flexibility index (Phi) is 9.06. The molecule has 0 saturated heterocycles. The number of amides is 2. The minimum absolute atomic E-state index is 0.151. The molecule has 2 aromatic carbocycles. The summed E-state index contributed by atoms with van der Waals surface area (Å²) in [6.45, 7) is 3.92. The first-order chi connectivity index (χ1) is 14.8. The lowest BCUT2D eigenvalue weighted by Gasteiger charge is -2.23. The van der Waals surface area contributed by atoms with Crippen molar-refractivity contribution in [3.63, 3.8) is 0 Å². The molecule has 0 radical (unpaired) electrons. The Morgan fingerprint density at radius 1 is 0.871 bits per heavy atom. The van der Waals surface area contributed by atoms with Crippen LogP contribution in [0.3, 0.4) is 0 Å². The van der Waals surface area contributed by atoms with Gasteiger partial charge in [0.1, 0.15) is 17.8 Å². The molecular weight excluding hydrogens is 396 g/mol. The lowest BCUT2D eigenvalue weighted by atomic mass is 10.0. The summed E-state index contributed by atoms with van der Waals surface area (Å²) in [6, 6.07) is 14.3. The van der Waals surface area contributed by atoms with E-state index in [9.17, 15) is 14.4 Å². The summed E-state index contributed by atoms with van der Waals surface area (Å²) in [5.74, 6) is -0.558. The van der Waals surface area contributed by atoms with Crippen LogP contribution < -0.4 is 15.4 Å². The number of carbonyl (C=O) groups excluding carboxylic acids is 3. The second kappa shape index (κ2) is 11.7. The van der Waals surface area contributed by atoms with Crippen molar-refractivity contribution in [1.82, 2.24) is 10.6 Å². The predicted molar refractivity (Wildman–Crippen MR) is 118 cm³/mol. The van der Waals surface area contributed by atoms with Gasteiger partial charge in [-0.15, -0.1) is 0 Å². The Labute approximate surface area is 183 Å². The topological polar surface area (TPSA) is 93.7 Å². The monoisotopic (exact) mass is 426 g/mol. The quantitative estimate of drug-likeness (QED) is 0.570. The van der Waals surface area contributed by atoms with Crippen molar-refractivity contribution in [3.8, 4) is 5.75 Å². The van der Waals surface area contributed by atoms with E-state index in [1.54, 1.807) is 31.4 Å². The Balaban J connectivity index is 2.13. The third kappa shape index (κ3) is 7.44. The Morgan fingerprint density at radius 3 is 2.06 bits per heavy atom. The van der Waals surface area contributed by atoms with E-state index < -0.39 is 24.0 Å². The Hall–Kier alpha value is -3.35. The molecule has 0 aromatic heterocycles. The van der Waals surface area contributed by atoms with Gasteiger partial charge in [-0.2, -0.15) is 0 Å². The number of hydrogen-bond acceptors (Lipinski definition) is 5. The fraction of sp³-hybridized carbons (Fsp3) is 0.375. The molecule has 7 nitrogen and oxygen atoms in total. The molecule has 0 bridgehead atoms. The molecule has 2 unspecified atom stereocenters. The molecule has 0 spiro atoms.